The van der Waals surface area contributed by atoms with Crippen LogP contribution in [0.15, 0.2) is 41.0 Å². The molecule has 0 saturated carbocycles. The molecule has 2 aliphatic rings. The number of piperidine rings is 1. The summed E-state index contributed by atoms with van der Waals surface area (Å²) in [6.45, 7) is 4.89. The molecule has 0 aliphatic carbocycles. The first-order valence-electron chi connectivity index (χ1n) is 9.11. The molecule has 9 heteroatoms. The van der Waals surface area contributed by atoms with Gasteiger partial charge in [0.2, 0.25) is 0 Å². The molecule has 0 bridgehead atoms. The predicted molar refractivity (Wildman–Crippen MR) is 99.0 cm³/mol. The van der Waals surface area contributed by atoms with E-state index in [1.165, 1.54) is 11.1 Å². The molecule has 1 saturated heterocycles. The van der Waals surface area contributed by atoms with E-state index in [1.807, 2.05) is 4.90 Å². The maximum absolute atomic E-state index is 12.8. The highest BCUT2D eigenvalue weighted by Crippen LogP contribution is 2.46. The Labute approximate surface area is 165 Å². The molecule has 1 aromatic heterocycles. The molecular formula is C20H21F3N2O4. The van der Waals surface area contributed by atoms with Crippen LogP contribution in [0.4, 0.5) is 18.9 Å². The van der Waals surface area contributed by atoms with Crippen molar-refractivity contribution in [2.24, 2.45) is 0 Å². The van der Waals surface area contributed by atoms with Crippen LogP contribution in [0, 0.1) is 6.92 Å². The number of benzene rings is 1. The molecule has 1 aromatic carbocycles. The fraction of sp³-hybridized carbons (Fsp3) is 0.400. The van der Waals surface area contributed by atoms with Gasteiger partial charge in [0.15, 0.2) is 5.76 Å². The molecule has 2 N–H and O–H groups in total. The number of furan rings is 1. The van der Waals surface area contributed by atoms with Gasteiger partial charge in [0.1, 0.15) is 0 Å². The van der Waals surface area contributed by atoms with Crippen LogP contribution in [-0.4, -0.2) is 42.8 Å². The van der Waals surface area contributed by atoms with E-state index in [-0.39, 0.29) is 11.3 Å². The van der Waals surface area contributed by atoms with Crippen LogP contribution in [0.25, 0.3) is 0 Å². The molecule has 4 rings (SSSR count). The van der Waals surface area contributed by atoms with Gasteiger partial charge in [-0.3, -0.25) is 4.79 Å². The number of anilines is 1. The number of amides is 1. The number of nitrogens with one attached hydrogen (secondary N) is 1. The van der Waals surface area contributed by atoms with Crippen LogP contribution in [0.5, 0.6) is 0 Å². The van der Waals surface area contributed by atoms with E-state index < -0.39 is 12.1 Å². The number of hydrogen-bond acceptors (Lipinski definition) is 4. The number of carbonyl (C=O) groups is 2. The molecule has 2 aromatic rings. The van der Waals surface area contributed by atoms with Crippen LogP contribution in [-0.2, 0) is 10.2 Å². The number of carboxylic acids is 1. The van der Waals surface area contributed by atoms with Gasteiger partial charge in [-0.05, 0) is 56.6 Å². The number of aliphatic carboxylic acids is 1. The number of rotatable bonds is 1. The predicted octanol–water partition coefficient (Wildman–Crippen LogP) is 3.50. The van der Waals surface area contributed by atoms with E-state index in [4.69, 9.17) is 14.3 Å². The monoisotopic (exact) mass is 410 g/mol. The molecule has 2 aliphatic heterocycles. The van der Waals surface area contributed by atoms with Crippen molar-refractivity contribution in [2.45, 2.75) is 31.4 Å². The van der Waals surface area contributed by atoms with Gasteiger partial charge in [0.25, 0.3) is 5.91 Å². The van der Waals surface area contributed by atoms with Gasteiger partial charge < -0.3 is 19.7 Å². The smallest absolute Gasteiger partial charge is 0.475 e. The van der Waals surface area contributed by atoms with Gasteiger partial charge in [-0.25, -0.2) is 4.79 Å². The summed E-state index contributed by atoms with van der Waals surface area (Å²) in [4.78, 5) is 23.6. The highest BCUT2D eigenvalue weighted by atomic mass is 19.4. The molecule has 0 radical (unpaired) electrons. The lowest BCUT2D eigenvalue weighted by Gasteiger charge is -2.34. The number of alkyl halides is 3. The Morgan fingerprint density at radius 1 is 1.21 bits per heavy atom. The zero-order valence-corrected chi connectivity index (χ0v) is 15.8. The first kappa shape index (κ1) is 20.9. The molecule has 6 nitrogen and oxygen atoms in total. The third-order valence-corrected chi connectivity index (χ3v) is 5.26. The molecule has 1 fully saturated rings. The quantitative estimate of drug-likeness (QED) is 0.752. The summed E-state index contributed by atoms with van der Waals surface area (Å²) < 4.78 is 37.1. The van der Waals surface area contributed by atoms with E-state index in [1.54, 1.807) is 18.4 Å². The summed E-state index contributed by atoms with van der Waals surface area (Å²) in [5, 5.41) is 10.6. The second-order valence-corrected chi connectivity index (χ2v) is 7.22. The lowest BCUT2D eigenvalue weighted by Crippen LogP contribution is -2.44. The van der Waals surface area contributed by atoms with Crippen LogP contribution >= 0.6 is 0 Å². The number of hydrogen-bond donors (Lipinski definition) is 2. The third kappa shape index (κ3) is 4.29. The van der Waals surface area contributed by atoms with E-state index >= 15 is 0 Å². The van der Waals surface area contributed by atoms with Crippen LogP contribution in [0.3, 0.4) is 0 Å². The van der Waals surface area contributed by atoms with Crippen molar-refractivity contribution >= 4 is 17.6 Å². The van der Waals surface area contributed by atoms with Gasteiger partial charge in [-0.15, -0.1) is 0 Å². The molecule has 156 valence electrons. The number of carbonyl (C=O) groups excluding carboxylic acids is 1. The molecule has 0 unspecified atom stereocenters. The Morgan fingerprint density at radius 2 is 1.86 bits per heavy atom. The molecule has 1 amide bonds. The Balaban J connectivity index is 0.000000298. The van der Waals surface area contributed by atoms with E-state index in [0.717, 1.165) is 38.2 Å². The van der Waals surface area contributed by atoms with Gasteiger partial charge in [0.05, 0.1) is 6.26 Å². The molecule has 29 heavy (non-hydrogen) atoms. The maximum Gasteiger partial charge on any atom is 0.490 e. The zero-order chi connectivity index (χ0) is 21.2. The number of carboxylic acid groups (broad SMARTS) is 1. The number of nitrogens with zero attached hydrogens (tertiary/aromatic N) is 1. The van der Waals surface area contributed by atoms with Crippen LogP contribution < -0.4 is 10.2 Å². The third-order valence-electron chi connectivity index (χ3n) is 5.26. The summed E-state index contributed by atoms with van der Waals surface area (Å²) in [5.41, 5.74) is 3.72. The minimum absolute atomic E-state index is 0.0366. The van der Waals surface area contributed by atoms with Gasteiger partial charge in [-0.2, -0.15) is 13.2 Å². The minimum atomic E-state index is -5.08. The van der Waals surface area contributed by atoms with Crippen molar-refractivity contribution in [3.8, 4) is 0 Å². The van der Waals surface area contributed by atoms with Crippen molar-refractivity contribution in [1.29, 1.82) is 0 Å². The Morgan fingerprint density at radius 3 is 2.41 bits per heavy atom. The minimum Gasteiger partial charge on any atom is -0.475 e. The average molecular weight is 410 g/mol. The molecule has 0 atom stereocenters. The average Bonchev–Trinajstić information content (AvgIpc) is 3.30. The summed E-state index contributed by atoms with van der Waals surface area (Å²) in [6.07, 6.45) is -1.38. The van der Waals surface area contributed by atoms with Gasteiger partial charge in [0, 0.05) is 17.6 Å². The second-order valence-electron chi connectivity index (χ2n) is 7.22. The Kier molecular flexibility index (Phi) is 5.70. The topological polar surface area (TPSA) is 82.8 Å². The van der Waals surface area contributed by atoms with Gasteiger partial charge >= 0.3 is 12.1 Å². The second kappa shape index (κ2) is 7.90. The molecule has 3 heterocycles. The van der Waals surface area contributed by atoms with E-state index in [2.05, 4.69) is 30.4 Å². The summed E-state index contributed by atoms with van der Waals surface area (Å²) in [6, 6.07) is 9.93. The normalized spacial score (nSPS) is 17.4. The fourth-order valence-corrected chi connectivity index (χ4v) is 3.83. The van der Waals surface area contributed by atoms with Crippen LogP contribution in [0.2, 0.25) is 0 Å². The highest BCUT2D eigenvalue weighted by Gasteiger charge is 2.45. The van der Waals surface area contributed by atoms with E-state index in [9.17, 15) is 18.0 Å². The van der Waals surface area contributed by atoms with E-state index in [0.29, 0.717) is 5.76 Å². The van der Waals surface area contributed by atoms with Gasteiger partial charge in [-0.1, -0.05) is 17.7 Å². The standard InChI is InChI=1S/C18H20N2O2.C2HF3O2/c1-13-4-5-15-14(11-13)18(6-8-19-9-7-18)12-20(15)17(21)16-3-2-10-22-16;3-2(4,5)1(6)7/h2-5,10-11,19H,6-9,12H2,1H3;(H,6,7). The molecular weight excluding hydrogens is 389 g/mol. The Hall–Kier alpha value is -2.81. The van der Waals surface area contributed by atoms with Crippen molar-refractivity contribution < 1.29 is 32.3 Å². The lowest BCUT2D eigenvalue weighted by molar-refractivity contribution is -0.192. The largest absolute Gasteiger partial charge is 0.490 e. The number of fused-ring (bicyclic) bond motifs is 2. The first-order chi connectivity index (χ1) is 13.6. The molecule has 1 spiro atoms. The zero-order valence-electron chi connectivity index (χ0n) is 15.8. The summed E-state index contributed by atoms with van der Waals surface area (Å²) in [5.74, 6) is -2.38. The first-order valence-corrected chi connectivity index (χ1v) is 9.11. The lowest BCUT2D eigenvalue weighted by atomic mass is 9.74. The summed E-state index contributed by atoms with van der Waals surface area (Å²) >= 11 is 0. The van der Waals surface area contributed by atoms with Crippen molar-refractivity contribution in [3.05, 3.63) is 53.5 Å². The van der Waals surface area contributed by atoms with Crippen LogP contribution in [0.1, 0.15) is 34.5 Å². The van der Waals surface area contributed by atoms with Crippen molar-refractivity contribution in [1.82, 2.24) is 5.32 Å². The van der Waals surface area contributed by atoms with Crippen molar-refractivity contribution in [2.75, 3.05) is 24.5 Å². The maximum atomic E-state index is 12.8. The fourth-order valence-electron chi connectivity index (χ4n) is 3.83. The summed E-state index contributed by atoms with van der Waals surface area (Å²) in [7, 11) is 0. The highest BCUT2D eigenvalue weighted by molar-refractivity contribution is 6.06. The number of halogens is 3. The Bertz CT molecular complexity index is 888. The number of aryl methyl sites for hydroxylation is 1. The SMILES string of the molecule is Cc1ccc2c(c1)C1(CCNCC1)CN2C(=O)c1ccco1.O=C(O)C(F)(F)F. The van der Waals surface area contributed by atoms with Crippen molar-refractivity contribution in [3.63, 3.8) is 0 Å².